The number of Topliss-reactive ketones (excluding diaryl/α,β-unsaturated/α-hetero) is 1. The van der Waals surface area contributed by atoms with Crippen LogP contribution in [0.4, 0.5) is 0 Å². The Labute approximate surface area is 126 Å². The lowest BCUT2D eigenvalue weighted by Gasteiger charge is -2.37. The van der Waals surface area contributed by atoms with Crippen molar-refractivity contribution in [3.8, 4) is 0 Å². The molecule has 1 atom stereocenters. The first-order valence-electron chi connectivity index (χ1n) is 7.61. The molecule has 2 rings (SSSR count). The quantitative estimate of drug-likeness (QED) is 0.835. The van der Waals surface area contributed by atoms with Gasteiger partial charge in [-0.1, -0.05) is 38.3 Å². The fraction of sp³-hybridized carbons (Fsp3) is 0.750. The largest absolute Gasteiger partial charge is 0.299 e. The molecule has 1 saturated carbocycles. The van der Waals surface area contributed by atoms with E-state index in [0.29, 0.717) is 17.2 Å². The normalized spacial score (nSPS) is 21.9. The molecule has 112 valence electrons. The third kappa shape index (κ3) is 2.93. The molecule has 4 heteroatoms. The van der Waals surface area contributed by atoms with Crippen LogP contribution in [-0.2, 0) is 17.8 Å². The Morgan fingerprint density at radius 3 is 2.75 bits per heavy atom. The molecule has 1 aromatic rings. The second kappa shape index (κ2) is 5.88. The van der Waals surface area contributed by atoms with E-state index in [1.807, 2.05) is 18.5 Å². The Bertz CT molecular complexity index is 505. The van der Waals surface area contributed by atoms with Crippen molar-refractivity contribution in [1.29, 1.82) is 0 Å². The number of rotatable bonds is 4. The fourth-order valence-corrected chi connectivity index (χ4v) is 3.62. The van der Waals surface area contributed by atoms with Crippen molar-refractivity contribution in [3.05, 3.63) is 16.4 Å². The van der Waals surface area contributed by atoms with Crippen molar-refractivity contribution in [2.24, 2.45) is 11.3 Å². The number of carbonyl (C=O) groups excluding carboxylic acids is 1. The molecule has 0 saturated heterocycles. The molecule has 1 aromatic heterocycles. The molecule has 0 bridgehead atoms. The van der Waals surface area contributed by atoms with E-state index >= 15 is 0 Å². The molecule has 0 aliphatic heterocycles. The smallest absolute Gasteiger partial charge is 0.142 e. The van der Waals surface area contributed by atoms with Crippen molar-refractivity contribution < 1.29 is 4.79 Å². The van der Waals surface area contributed by atoms with Gasteiger partial charge in [0.2, 0.25) is 0 Å². The number of nitrogens with zero attached hydrogens (tertiary/aromatic N) is 2. The Morgan fingerprint density at radius 2 is 2.15 bits per heavy atom. The van der Waals surface area contributed by atoms with Crippen LogP contribution < -0.4 is 0 Å². The van der Waals surface area contributed by atoms with Crippen LogP contribution in [0.3, 0.4) is 0 Å². The Balaban J connectivity index is 2.19. The van der Waals surface area contributed by atoms with Gasteiger partial charge in [0.05, 0.1) is 22.8 Å². The van der Waals surface area contributed by atoms with Gasteiger partial charge in [0.1, 0.15) is 5.78 Å². The first-order chi connectivity index (χ1) is 9.36. The number of aromatic nitrogens is 2. The van der Waals surface area contributed by atoms with Crippen molar-refractivity contribution in [2.45, 2.75) is 66.3 Å². The highest BCUT2D eigenvalue weighted by atomic mass is 35.5. The van der Waals surface area contributed by atoms with E-state index in [2.05, 4.69) is 18.9 Å². The van der Waals surface area contributed by atoms with Gasteiger partial charge in [-0.05, 0) is 32.1 Å². The maximum atomic E-state index is 12.7. The van der Waals surface area contributed by atoms with Crippen LogP contribution in [0, 0.1) is 18.3 Å². The molecule has 3 nitrogen and oxygen atoms in total. The highest BCUT2D eigenvalue weighted by molar-refractivity contribution is 6.32. The predicted octanol–water partition coefficient (Wildman–Crippen LogP) is 4.19. The minimum Gasteiger partial charge on any atom is -0.299 e. The first kappa shape index (κ1) is 15.6. The summed E-state index contributed by atoms with van der Waals surface area (Å²) < 4.78 is 1.87. The summed E-state index contributed by atoms with van der Waals surface area (Å²) in [5.74, 6) is 0.485. The second-order valence-corrected chi connectivity index (χ2v) is 6.97. The van der Waals surface area contributed by atoms with Gasteiger partial charge in [-0.15, -0.1) is 0 Å². The van der Waals surface area contributed by atoms with E-state index in [0.717, 1.165) is 30.8 Å². The maximum absolute atomic E-state index is 12.7. The zero-order valence-corrected chi connectivity index (χ0v) is 13.8. The molecule has 0 N–H and O–H groups in total. The lowest BCUT2D eigenvalue weighted by molar-refractivity contribution is -0.127. The lowest BCUT2D eigenvalue weighted by Crippen LogP contribution is -2.35. The van der Waals surface area contributed by atoms with E-state index in [1.54, 1.807) is 0 Å². The molecular weight excluding hydrogens is 272 g/mol. The van der Waals surface area contributed by atoms with Crippen LogP contribution in [0.25, 0.3) is 0 Å². The molecule has 1 unspecified atom stereocenters. The minimum atomic E-state index is 0.119. The molecule has 0 radical (unpaired) electrons. The van der Waals surface area contributed by atoms with Gasteiger partial charge in [0.15, 0.2) is 0 Å². The molecule has 1 heterocycles. The van der Waals surface area contributed by atoms with Crippen molar-refractivity contribution in [2.75, 3.05) is 0 Å². The number of aryl methyl sites for hydroxylation is 2. The number of carbonyl (C=O) groups is 1. The summed E-state index contributed by atoms with van der Waals surface area (Å²) in [7, 11) is 0. The lowest BCUT2D eigenvalue weighted by atomic mass is 9.66. The summed E-state index contributed by atoms with van der Waals surface area (Å²) in [4.78, 5) is 12.7. The molecule has 1 aliphatic rings. The van der Waals surface area contributed by atoms with Gasteiger partial charge >= 0.3 is 0 Å². The van der Waals surface area contributed by atoms with Crippen LogP contribution in [0.1, 0.15) is 57.8 Å². The zero-order chi connectivity index (χ0) is 14.9. The predicted molar refractivity (Wildman–Crippen MR) is 82.1 cm³/mol. The average molecular weight is 297 g/mol. The minimum absolute atomic E-state index is 0.119. The highest BCUT2D eigenvalue weighted by Gasteiger charge is 2.37. The van der Waals surface area contributed by atoms with E-state index in [-0.39, 0.29) is 11.3 Å². The van der Waals surface area contributed by atoms with E-state index in [4.69, 9.17) is 11.6 Å². The van der Waals surface area contributed by atoms with Gasteiger partial charge in [0, 0.05) is 12.5 Å². The van der Waals surface area contributed by atoms with Crippen LogP contribution in [0.15, 0.2) is 0 Å². The fourth-order valence-electron chi connectivity index (χ4n) is 3.42. The molecule has 1 aliphatic carbocycles. The van der Waals surface area contributed by atoms with Crippen molar-refractivity contribution >= 4 is 17.4 Å². The zero-order valence-electron chi connectivity index (χ0n) is 13.0. The summed E-state index contributed by atoms with van der Waals surface area (Å²) in [5.41, 5.74) is 1.82. The first-order valence-corrected chi connectivity index (χ1v) is 7.99. The number of ketones is 1. The van der Waals surface area contributed by atoms with Gasteiger partial charge in [0.25, 0.3) is 0 Å². The van der Waals surface area contributed by atoms with Gasteiger partial charge in [-0.25, -0.2) is 0 Å². The summed E-state index contributed by atoms with van der Waals surface area (Å²) in [6.45, 7) is 9.12. The third-order valence-electron chi connectivity index (χ3n) is 4.69. The number of hydrogen-bond acceptors (Lipinski definition) is 2. The highest BCUT2D eigenvalue weighted by Crippen LogP contribution is 2.41. The SMILES string of the molecule is CCn1nc(C)c(Cl)c1CC(=O)C1CCCCC1(C)C. The standard InChI is InChI=1S/C16H25ClN2O/c1-5-19-13(15(17)11(2)18-19)10-14(20)12-8-6-7-9-16(12,3)4/h12H,5-10H2,1-4H3. The van der Waals surface area contributed by atoms with E-state index in [1.165, 1.54) is 12.8 Å². The average Bonchev–Trinajstić information content (AvgIpc) is 2.65. The van der Waals surface area contributed by atoms with Crippen LogP contribution in [0.5, 0.6) is 0 Å². The molecule has 0 amide bonds. The van der Waals surface area contributed by atoms with Crippen LogP contribution >= 0.6 is 11.6 Å². The molecule has 1 fully saturated rings. The topological polar surface area (TPSA) is 34.9 Å². The van der Waals surface area contributed by atoms with E-state index < -0.39 is 0 Å². The van der Waals surface area contributed by atoms with Crippen LogP contribution in [-0.4, -0.2) is 15.6 Å². The monoisotopic (exact) mass is 296 g/mol. The molecule has 0 spiro atoms. The number of hydrogen-bond donors (Lipinski definition) is 0. The summed E-state index contributed by atoms with van der Waals surface area (Å²) in [5, 5.41) is 5.06. The van der Waals surface area contributed by atoms with Gasteiger partial charge < -0.3 is 0 Å². The van der Waals surface area contributed by atoms with Gasteiger partial charge in [-0.3, -0.25) is 9.48 Å². The molecular formula is C16H25ClN2O. The van der Waals surface area contributed by atoms with E-state index in [9.17, 15) is 4.79 Å². The molecule has 20 heavy (non-hydrogen) atoms. The molecule has 0 aromatic carbocycles. The summed E-state index contributed by atoms with van der Waals surface area (Å²) in [6, 6.07) is 0. The summed E-state index contributed by atoms with van der Waals surface area (Å²) >= 11 is 6.31. The second-order valence-electron chi connectivity index (χ2n) is 6.59. The van der Waals surface area contributed by atoms with Crippen molar-refractivity contribution in [1.82, 2.24) is 9.78 Å². The number of halogens is 1. The maximum Gasteiger partial charge on any atom is 0.142 e. The Morgan fingerprint density at radius 1 is 1.45 bits per heavy atom. The van der Waals surface area contributed by atoms with Gasteiger partial charge in [-0.2, -0.15) is 5.10 Å². The summed E-state index contributed by atoms with van der Waals surface area (Å²) in [6.07, 6.45) is 4.98. The Hall–Kier alpha value is -0.830. The van der Waals surface area contributed by atoms with Crippen molar-refractivity contribution in [3.63, 3.8) is 0 Å². The third-order valence-corrected chi connectivity index (χ3v) is 5.18. The van der Waals surface area contributed by atoms with Crippen LogP contribution in [0.2, 0.25) is 5.02 Å². The Kier molecular flexibility index (Phi) is 4.58.